The maximum Gasteiger partial charge on any atom is 0.277 e. The Kier molecular flexibility index (Phi) is 4.53. The van der Waals surface area contributed by atoms with Gasteiger partial charge in [-0.25, -0.2) is 0 Å². The highest BCUT2D eigenvalue weighted by Crippen LogP contribution is 2.25. The summed E-state index contributed by atoms with van der Waals surface area (Å²) in [5.41, 5.74) is 0.765. The number of nitrogens with zero attached hydrogens (tertiary/aromatic N) is 2. The number of carbonyl (C=O) groups excluding carboxylic acids is 2. The smallest absolute Gasteiger partial charge is 0.277 e. The lowest BCUT2D eigenvalue weighted by atomic mass is 10.3. The lowest BCUT2D eigenvalue weighted by Gasteiger charge is -2.13. The molecule has 3 rings (SSSR count). The maximum absolute atomic E-state index is 12.1. The van der Waals surface area contributed by atoms with Crippen molar-refractivity contribution >= 4 is 17.5 Å². The van der Waals surface area contributed by atoms with Crippen LogP contribution in [0.4, 0.5) is 5.69 Å². The number of carbonyl (C=O) groups is 2. The number of pyridine rings is 1. The molecule has 122 valence electrons. The molecule has 0 saturated heterocycles. The van der Waals surface area contributed by atoms with Crippen LogP contribution in [0.5, 0.6) is 11.5 Å². The Morgan fingerprint density at radius 2 is 2.00 bits per heavy atom. The van der Waals surface area contributed by atoms with Gasteiger partial charge in [0.2, 0.25) is 0 Å². The highest BCUT2D eigenvalue weighted by atomic mass is 16.5. The molecule has 0 radical (unpaired) electrons. The topological polar surface area (TPSA) is 91.8 Å². The fourth-order valence-corrected chi connectivity index (χ4v) is 2.25. The summed E-state index contributed by atoms with van der Waals surface area (Å²) in [5.74, 6) is 0.250. The molecule has 0 fully saturated rings. The van der Waals surface area contributed by atoms with Crippen molar-refractivity contribution in [2.24, 2.45) is 0 Å². The van der Waals surface area contributed by atoms with Gasteiger partial charge in [-0.1, -0.05) is 6.07 Å². The molecular formula is C17H15N3O4. The minimum atomic E-state index is -0.465. The van der Waals surface area contributed by atoms with E-state index < -0.39 is 11.8 Å². The van der Waals surface area contributed by atoms with E-state index in [9.17, 15) is 9.59 Å². The van der Waals surface area contributed by atoms with Crippen LogP contribution >= 0.6 is 0 Å². The first kappa shape index (κ1) is 15.7. The van der Waals surface area contributed by atoms with Crippen molar-refractivity contribution in [2.75, 3.05) is 18.5 Å². The SMILES string of the molecule is O=C1C=C(Nc2cccc(Oc3cccnc3)c2)C(=O)N1CCO. The van der Waals surface area contributed by atoms with Gasteiger partial charge in [0.1, 0.15) is 17.2 Å². The van der Waals surface area contributed by atoms with Crippen LogP contribution in [-0.4, -0.2) is 40.0 Å². The largest absolute Gasteiger partial charge is 0.456 e. The van der Waals surface area contributed by atoms with E-state index in [2.05, 4.69) is 10.3 Å². The van der Waals surface area contributed by atoms with Crippen molar-refractivity contribution in [2.45, 2.75) is 0 Å². The Balaban J connectivity index is 1.72. The molecule has 2 heterocycles. The zero-order valence-corrected chi connectivity index (χ0v) is 12.7. The second-order valence-electron chi connectivity index (χ2n) is 5.02. The third kappa shape index (κ3) is 3.41. The molecule has 7 heteroatoms. The molecule has 0 bridgehead atoms. The van der Waals surface area contributed by atoms with E-state index in [1.165, 1.54) is 6.08 Å². The summed E-state index contributed by atoms with van der Waals surface area (Å²) in [6, 6.07) is 10.5. The van der Waals surface area contributed by atoms with E-state index >= 15 is 0 Å². The van der Waals surface area contributed by atoms with Crippen molar-refractivity contribution in [3.05, 3.63) is 60.6 Å². The normalized spacial score (nSPS) is 13.9. The Morgan fingerprint density at radius 3 is 2.75 bits per heavy atom. The lowest BCUT2D eigenvalue weighted by molar-refractivity contribution is -0.137. The highest BCUT2D eigenvalue weighted by molar-refractivity contribution is 6.17. The standard InChI is InChI=1S/C17H15N3O4/c21-8-7-20-16(22)10-15(17(20)23)19-12-3-1-4-13(9-12)24-14-5-2-6-18-11-14/h1-6,9-11,19,21H,7-8H2. The predicted molar refractivity (Wildman–Crippen MR) is 86.3 cm³/mol. The predicted octanol–water partition coefficient (Wildman–Crippen LogP) is 1.53. The Hall–Kier alpha value is -3.19. The number of aliphatic hydroxyl groups is 1. The first-order valence-corrected chi connectivity index (χ1v) is 7.31. The van der Waals surface area contributed by atoms with Gasteiger partial charge in [-0.3, -0.25) is 19.5 Å². The molecule has 7 nitrogen and oxygen atoms in total. The van der Waals surface area contributed by atoms with Gasteiger partial charge in [0.15, 0.2) is 0 Å². The number of ether oxygens (including phenoxy) is 1. The van der Waals surface area contributed by atoms with Crippen LogP contribution in [0.3, 0.4) is 0 Å². The summed E-state index contributed by atoms with van der Waals surface area (Å²) in [6.45, 7) is -0.295. The summed E-state index contributed by atoms with van der Waals surface area (Å²) in [7, 11) is 0. The number of benzene rings is 1. The summed E-state index contributed by atoms with van der Waals surface area (Å²) in [6.07, 6.45) is 4.46. The molecule has 0 saturated carbocycles. The van der Waals surface area contributed by atoms with Gasteiger partial charge in [0, 0.05) is 24.0 Å². The summed E-state index contributed by atoms with van der Waals surface area (Å²) in [4.78, 5) is 28.8. The molecule has 1 aliphatic heterocycles. The van der Waals surface area contributed by atoms with Crippen LogP contribution in [0.15, 0.2) is 60.6 Å². The van der Waals surface area contributed by atoms with Gasteiger partial charge in [0.05, 0.1) is 19.3 Å². The van der Waals surface area contributed by atoms with Crippen molar-refractivity contribution in [1.82, 2.24) is 9.88 Å². The van der Waals surface area contributed by atoms with Gasteiger partial charge >= 0.3 is 0 Å². The van der Waals surface area contributed by atoms with Crippen LogP contribution < -0.4 is 10.1 Å². The van der Waals surface area contributed by atoms with E-state index in [0.29, 0.717) is 17.2 Å². The third-order valence-corrected chi connectivity index (χ3v) is 3.32. The van der Waals surface area contributed by atoms with E-state index in [0.717, 1.165) is 4.90 Å². The minimum Gasteiger partial charge on any atom is -0.456 e. The second-order valence-corrected chi connectivity index (χ2v) is 5.02. The number of aromatic nitrogens is 1. The number of amides is 2. The quantitative estimate of drug-likeness (QED) is 0.783. The van der Waals surface area contributed by atoms with E-state index in [1.54, 1.807) is 48.8 Å². The number of rotatable bonds is 6. The molecule has 0 unspecified atom stereocenters. The van der Waals surface area contributed by atoms with Crippen molar-refractivity contribution in [1.29, 1.82) is 0 Å². The molecule has 24 heavy (non-hydrogen) atoms. The fraction of sp³-hybridized carbons (Fsp3) is 0.118. The van der Waals surface area contributed by atoms with Gasteiger partial charge in [-0.05, 0) is 24.3 Å². The number of imide groups is 1. The van der Waals surface area contributed by atoms with Gasteiger partial charge in [0.25, 0.3) is 11.8 Å². The average Bonchev–Trinajstić information content (AvgIpc) is 2.84. The average molecular weight is 325 g/mol. The van der Waals surface area contributed by atoms with Crippen LogP contribution in [0, 0.1) is 0 Å². The lowest BCUT2D eigenvalue weighted by Crippen LogP contribution is -2.34. The van der Waals surface area contributed by atoms with E-state index in [1.807, 2.05) is 0 Å². The second kappa shape index (κ2) is 6.93. The molecule has 0 aliphatic carbocycles. The zero-order chi connectivity index (χ0) is 16.9. The molecule has 2 N–H and O–H groups in total. The van der Waals surface area contributed by atoms with Gasteiger partial charge in [-0.2, -0.15) is 0 Å². The Bertz CT molecular complexity index is 789. The van der Waals surface area contributed by atoms with Gasteiger partial charge < -0.3 is 15.2 Å². The third-order valence-electron chi connectivity index (χ3n) is 3.32. The van der Waals surface area contributed by atoms with Crippen molar-refractivity contribution < 1.29 is 19.4 Å². The van der Waals surface area contributed by atoms with Crippen molar-refractivity contribution in [3.63, 3.8) is 0 Å². The molecule has 2 amide bonds. The number of β-amino-alcohol motifs (C(OH)–C–C–N with tert-alkyl or cyclic N) is 1. The highest BCUT2D eigenvalue weighted by Gasteiger charge is 2.30. The van der Waals surface area contributed by atoms with Gasteiger partial charge in [-0.15, -0.1) is 0 Å². The number of nitrogens with one attached hydrogen (secondary N) is 1. The fourth-order valence-electron chi connectivity index (χ4n) is 2.25. The molecule has 2 aromatic rings. The molecule has 0 spiro atoms. The van der Waals surface area contributed by atoms with Crippen LogP contribution in [0.1, 0.15) is 0 Å². The number of hydrogen-bond acceptors (Lipinski definition) is 6. The summed E-state index contributed by atoms with van der Waals surface area (Å²) in [5, 5.41) is 11.8. The van der Waals surface area contributed by atoms with Crippen LogP contribution in [-0.2, 0) is 9.59 Å². The van der Waals surface area contributed by atoms with E-state index in [-0.39, 0.29) is 18.8 Å². The number of aliphatic hydroxyl groups excluding tert-OH is 1. The summed E-state index contributed by atoms with van der Waals surface area (Å²) < 4.78 is 5.67. The molecule has 0 atom stereocenters. The molecular weight excluding hydrogens is 310 g/mol. The maximum atomic E-state index is 12.1. The minimum absolute atomic E-state index is 0.0243. The van der Waals surface area contributed by atoms with Crippen LogP contribution in [0.25, 0.3) is 0 Å². The first-order valence-electron chi connectivity index (χ1n) is 7.31. The summed E-state index contributed by atoms with van der Waals surface area (Å²) >= 11 is 0. The van der Waals surface area contributed by atoms with Crippen molar-refractivity contribution in [3.8, 4) is 11.5 Å². The van der Waals surface area contributed by atoms with E-state index in [4.69, 9.17) is 9.84 Å². The molecule has 1 aromatic carbocycles. The Morgan fingerprint density at radius 1 is 1.17 bits per heavy atom. The van der Waals surface area contributed by atoms with Crippen LogP contribution in [0.2, 0.25) is 0 Å². The monoisotopic (exact) mass is 325 g/mol. The molecule has 1 aliphatic rings. The zero-order valence-electron chi connectivity index (χ0n) is 12.7. The first-order chi connectivity index (χ1) is 11.7. The number of hydrogen-bond donors (Lipinski definition) is 2. The molecule has 1 aromatic heterocycles. The Labute approximate surface area is 138 Å². The number of anilines is 1.